The number of hydrogen-bond donors (Lipinski definition) is 0. The van der Waals surface area contributed by atoms with Gasteiger partial charge >= 0.3 is 6.09 Å². The highest BCUT2D eigenvalue weighted by Crippen LogP contribution is 2.42. The zero-order chi connectivity index (χ0) is 15.9. The average molecular weight is 302 g/mol. The number of rotatable bonds is 0. The maximum Gasteiger partial charge on any atom is 0.410 e. The molecule has 2 aliphatic heterocycles. The third kappa shape index (κ3) is 2.92. The normalized spacial score (nSPS) is 24.5. The molecule has 0 aromatic heterocycles. The van der Waals surface area contributed by atoms with Gasteiger partial charge in [0.1, 0.15) is 5.60 Å². The van der Waals surface area contributed by atoms with Crippen LogP contribution >= 0.6 is 0 Å². The summed E-state index contributed by atoms with van der Waals surface area (Å²) >= 11 is 0. The van der Waals surface area contributed by atoms with E-state index >= 15 is 0 Å². The number of ether oxygens (including phenoxy) is 1. The van der Waals surface area contributed by atoms with E-state index < -0.39 is 5.60 Å². The minimum atomic E-state index is -0.431. The van der Waals surface area contributed by atoms with Crippen LogP contribution in [0.25, 0.3) is 0 Å². The van der Waals surface area contributed by atoms with E-state index in [1.54, 1.807) is 0 Å². The Balaban J connectivity index is 1.82. The van der Waals surface area contributed by atoms with Crippen LogP contribution in [0.15, 0.2) is 24.3 Å². The van der Waals surface area contributed by atoms with Gasteiger partial charge in [-0.05, 0) is 44.7 Å². The van der Waals surface area contributed by atoms with E-state index in [0.29, 0.717) is 11.8 Å². The van der Waals surface area contributed by atoms with Crippen LogP contribution in [0.2, 0.25) is 0 Å². The summed E-state index contributed by atoms with van der Waals surface area (Å²) in [6.07, 6.45) is 0.946. The summed E-state index contributed by atoms with van der Waals surface area (Å²) in [6.45, 7) is 8.38. The molecular formula is C18H26N2O2. The second-order valence-electron chi connectivity index (χ2n) is 7.52. The molecule has 4 heteroatoms. The number of amides is 1. The number of fused-ring (bicyclic) bond motifs is 3. The Labute approximate surface area is 133 Å². The van der Waals surface area contributed by atoms with Gasteiger partial charge in [0.15, 0.2) is 0 Å². The first-order chi connectivity index (χ1) is 10.3. The summed E-state index contributed by atoms with van der Waals surface area (Å²) in [5.41, 5.74) is 2.25. The quantitative estimate of drug-likeness (QED) is 0.735. The van der Waals surface area contributed by atoms with Crippen molar-refractivity contribution in [2.45, 2.75) is 38.7 Å². The molecule has 0 spiro atoms. The van der Waals surface area contributed by atoms with E-state index in [1.165, 1.54) is 11.3 Å². The number of likely N-dealkylation sites (tertiary alicyclic amines) is 1. The molecule has 22 heavy (non-hydrogen) atoms. The van der Waals surface area contributed by atoms with Gasteiger partial charge in [0.05, 0.1) is 0 Å². The van der Waals surface area contributed by atoms with Crippen molar-refractivity contribution in [2.24, 2.45) is 5.92 Å². The van der Waals surface area contributed by atoms with Gasteiger partial charge in [-0.3, -0.25) is 0 Å². The van der Waals surface area contributed by atoms with Crippen LogP contribution in [-0.2, 0) is 4.74 Å². The maximum absolute atomic E-state index is 12.4. The average Bonchev–Trinajstić information content (AvgIpc) is 2.82. The van der Waals surface area contributed by atoms with Crippen molar-refractivity contribution in [3.05, 3.63) is 29.8 Å². The zero-order valence-corrected chi connectivity index (χ0v) is 14.0. The van der Waals surface area contributed by atoms with Gasteiger partial charge in [0.2, 0.25) is 0 Å². The molecule has 1 aromatic carbocycles. The highest BCUT2D eigenvalue weighted by Gasteiger charge is 2.40. The molecule has 0 bridgehead atoms. The van der Waals surface area contributed by atoms with Gasteiger partial charge in [-0.15, -0.1) is 0 Å². The lowest BCUT2D eigenvalue weighted by Gasteiger charge is -2.25. The second-order valence-corrected chi connectivity index (χ2v) is 7.52. The van der Waals surface area contributed by atoms with Crippen molar-refractivity contribution in [2.75, 3.05) is 31.6 Å². The maximum atomic E-state index is 12.4. The lowest BCUT2D eigenvalue weighted by molar-refractivity contribution is 0.0286. The first-order valence-electron chi connectivity index (χ1n) is 8.13. The van der Waals surface area contributed by atoms with E-state index in [0.717, 1.165) is 26.1 Å². The summed E-state index contributed by atoms with van der Waals surface area (Å²) < 4.78 is 5.54. The standard InChI is InChI=1S/C18H26N2O2/c1-18(2,3)22-17(21)20-11-13-9-10-19(4)16-8-6-5-7-14(16)15(13)12-20/h5-8,13,15H,9-12H2,1-4H3/t13-,15-/m1/s1. The number of carbonyl (C=O) groups is 1. The minimum absolute atomic E-state index is 0.175. The highest BCUT2D eigenvalue weighted by atomic mass is 16.6. The van der Waals surface area contributed by atoms with Gasteiger partial charge in [-0.1, -0.05) is 18.2 Å². The molecule has 0 N–H and O–H groups in total. The van der Waals surface area contributed by atoms with Crippen LogP contribution in [0.3, 0.4) is 0 Å². The molecule has 2 aliphatic rings. The summed E-state index contributed by atoms with van der Waals surface area (Å²) in [6, 6.07) is 8.60. The smallest absolute Gasteiger partial charge is 0.410 e. The monoisotopic (exact) mass is 302 g/mol. The molecule has 1 amide bonds. The van der Waals surface area contributed by atoms with Crippen LogP contribution in [0.5, 0.6) is 0 Å². The number of anilines is 1. The Morgan fingerprint density at radius 2 is 1.95 bits per heavy atom. The first-order valence-corrected chi connectivity index (χ1v) is 8.13. The van der Waals surface area contributed by atoms with Crippen molar-refractivity contribution >= 4 is 11.8 Å². The van der Waals surface area contributed by atoms with Gasteiger partial charge < -0.3 is 14.5 Å². The summed E-state index contributed by atoms with van der Waals surface area (Å²) in [5.74, 6) is 0.951. The third-order valence-corrected chi connectivity index (χ3v) is 4.68. The molecule has 1 saturated heterocycles. The van der Waals surface area contributed by atoms with E-state index in [2.05, 4.69) is 36.2 Å². The summed E-state index contributed by atoms with van der Waals surface area (Å²) in [4.78, 5) is 16.6. The predicted octanol–water partition coefficient (Wildman–Crippen LogP) is 3.48. The molecule has 2 heterocycles. The minimum Gasteiger partial charge on any atom is -0.444 e. The summed E-state index contributed by atoms with van der Waals surface area (Å²) in [7, 11) is 2.16. The Morgan fingerprint density at radius 1 is 1.23 bits per heavy atom. The Kier molecular flexibility index (Phi) is 3.79. The molecule has 0 radical (unpaired) electrons. The first kappa shape index (κ1) is 15.2. The van der Waals surface area contributed by atoms with Gasteiger partial charge in [0.25, 0.3) is 0 Å². The number of para-hydroxylation sites is 1. The number of hydrogen-bond acceptors (Lipinski definition) is 3. The Morgan fingerprint density at radius 3 is 2.68 bits per heavy atom. The lowest BCUT2D eigenvalue weighted by atomic mass is 9.87. The van der Waals surface area contributed by atoms with Crippen LogP contribution in [-0.4, -0.2) is 43.3 Å². The van der Waals surface area contributed by atoms with Crippen LogP contribution in [0.4, 0.5) is 10.5 Å². The van der Waals surface area contributed by atoms with E-state index in [4.69, 9.17) is 4.74 Å². The lowest BCUT2D eigenvalue weighted by Crippen LogP contribution is -2.35. The van der Waals surface area contributed by atoms with Crippen molar-refractivity contribution in [1.82, 2.24) is 4.90 Å². The van der Waals surface area contributed by atoms with Gasteiger partial charge in [0, 0.05) is 38.3 Å². The summed E-state index contributed by atoms with van der Waals surface area (Å²) in [5, 5.41) is 0. The third-order valence-electron chi connectivity index (χ3n) is 4.68. The van der Waals surface area contributed by atoms with Crippen LogP contribution in [0, 0.1) is 5.92 Å². The number of benzene rings is 1. The largest absolute Gasteiger partial charge is 0.444 e. The molecule has 0 saturated carbocycles. The number of carbonyl (C=O) groups excluding carboxylic acids is 1. The van der Waals surface area contributed by atoms with Crippen molar-refractivity contribution in [1.29, 1.82) is 0 Å². The molecule has 3 rings (SSSR count). The molecule has 120 valence electrons. The topological polar surface area (TPSA) is 32.8 Å². The fourth-order valence-corrected chi connectivity index (χ4v) is 3.62. The van der Waals surface area contributed by atoms with E-state index in [1.807, 2.05) is 25.7 Å². The SMILES string of the molecule is CN1CC[C@@H]2CN(C(=O)OC(C)(C)C)C[C@H]2c2ccccc21. The van der Waals surface area contributed by atoms with Gasteiger partial charge in [-0.2, -0.15) is 0 Å². The molecule has 0 unspecified atom stereocenters. The highest BCUT2D eigenvalue weighted by molar-refractivity contribution is 5.69. The Bertz CT molecular complexity index is 564. The molecule has 4 nitrogen and oxygen atoms in total. The number of nitrogens with zero attached hydrogens (tertiary/aromatic N) is 2. The van der Waals surface area contributed by atoms with Crippen molar-refractivity contribution < 1.29 is 9.53 Å². The molecule has 1 fully saturated rings. The molecule has 2 atom stereocenters. The zero-order valence-electron chi connectivity index (χ0n) is 14.0. The van der Waals surface area contributed by atoms with E-state index in [9.17, 15) is 4.79 Å². The van der Waals surface area contributed by atoms with E-state index in [-0.39, 0.29) is 6.09 Å². The van der Waals surface area contributed by atoms with Crippen molar-refractivity contribution in [3.63, 3.8) is 0 Å². The van der Waals surface area contributed by atoms with Gasteiger partial charge in [-0.25, -0.2) is 4.79 Å². The second kappa shape index (κ2) is 5.49. The fourth-order valence-electron chi connectivity index (χ4n) is 3.62. The predicted molar refractivity (Wildman–Crippen MR) is 88.4 cm³/mol. The van der Waals surface area contributed by atoms with Crippen LogP contribution in [0.1, 0.15) is 38.7 Å². The Hall–Kier alpha value is -1.71. The van der Waals surface area contributed by atoms with Crippen molar-refractivity contribution in [3.8, 4) is 0 Å². The molecule has 1 aromatic rings. The fraction of sp³-hybridized carbons (Fsp3) is 0.611. The molecule has 0 aliphatic carbocycles. The van der Waals surface area contributed by atoms with Crippen LogP contribution < -0.4 is 4.90 Å². The molecular weight excluding hydrogens is 276 g/mol.